The highest BCUT2D eigenvalue weighted by Crippen LogP contribution is 2.17. The van der Waals surface area contributed by atoms with Crippen LogP contribution in [0.5, 0.6) is 11.5 Å². The highest BCUT2D eigenvalue weighted by Gasteiger charge is 2.15. The van der Waals surface area contributed by atoms with E-state index in [9.17, 15) is 8.42 Å². The van der Waals surface area contributed by atoms with Crippen LogP contribution in [0.15, 0.2) is 81.6 Å². The van der Waals surface area contributed by atoms with Gasteiger partial charge >= 0.3 is 10.3 Å². The molecule has 0 saturated heterocycles. The molecule has 0 spiro atoms. The SMILES string of the molecule is C/C(=N/S(=O)(=O)Oc1ccccc1)c1ccc(/C(C)=N/SOOOc2ccccc2)n1C. The molecule has 0 radical (unpaired) electrons. The summed E-state index contributed by atoms with van der Waals surface area (Å²) in [6.07, 6.45) is 0. The largest absolute Gasteiger partial charge is 0.428 e. The lowest BCUT2D eigenvalue weighted by molar-refractivity contribution is -0.403. The molecule has 0 aliphatic rings. The van der Waals surface area contributed by atoms with Crippen LogP contribution >= 0.6 is 12.2 Å². The molecule has 2 aromatic carbocycles. The molecule has 0 saturated carbocycles. The van der Waals surface area contributed by atoms with Crippen molar-refractivity contribution in [3.63, 3.8) is 0 Å². The maximum absolute atomic E-state index is 12.3. The Morgan fingerprint density at radius 1 is 0.844 bits per heavy atom. The molecule has 1 heterocycles. The number of hydrogen-bond donors (Lipinski definition) is 0. The lowest BCUT2D eigenvalue weighted by atomic mass is 10.3. The fraction of sp³-hybridized carbons (Fsp3) is 0.143. The van der Waals surface area contributed by atoms with E-state index in [1.165, 1.54) is 12.1 Å². The molecular weight excluding hydrogens is 454 g/mol. The van der Waals surface area contributed by atoms with E-state index in [1.807, 2.05) is 6.07 Å². The Kier molecular flexibility index (Phi) is 8.06. The van der Waals surface area contributed by atoms with Gasteiger partial charge in [0.2, 0.25) is 0 Å². The topological polar surface area (TPSA) is 101 Å². The third-order valence-corrected chi connectivity index (χ3v) is 5.53. The number of hydrogen-bond acceptors (Lipinski definition) is 8. The highest BCUT2D eigenvalue weighted by atomic mass is 32.2. The van der Waals surface area contributed by atoms with Gasteiger partial charge in [0.1, 0.15) is 5.75 Å². The fourth-order valence-corrected chi connectivity index (χ4v) is 3.84. The molecule has 9 nitrogen and oxygen atoms in total. The number of rotatable bonds is 10. The van der Waals surface area contributed by atoms with Gasteiger partial charge in [-0.05, 0) is 50.2 Å². The molecule has 3 aromatic rings. The first-order valence-electron chi connectivity index (χ1n) is 9.35. The zero-order valence-electron chi connectivity index (χ0n) is 17.5. The standard InChI is InChI=1S/C21H21N3O6S2/c1-16(22-31-30-29-27-18-10-6-4-7-11-18)20-14-15-21(24(20)3)17(2)23-32(25,26)28-19-12-8-5-9-13-19/h4-15H,1-3H3/b22-16+,23-17-. The summed E-state index contributed by atoms with van der Waals surface area (Å²) in [7, 11) is -2.39. The van der Waals surface area contributed by atoms with Crippen LogP contribution in [0.3, 0.4) is 0 Å². The minimum absolute atomic E-state index is 0.190. The van der Waals surface area contributed by atoms with E-state index < -0.39 is 10.3 Å². The Hall–Kier alpha value is -3.12. The van der Waals surface area contributed by atoms with E-state index in [1.54, 1.807) is 80.1 Å². The summed E-state index contributed by atoms with van der Waals surface area (Å²) >= 11 is 0.694. The Bertz CT molecular complexity index is 1190. The van der Waals surface area contributed by atoms with Crippen molar-refractivity contribution in [3.8, 4) is 11.5 Å². The average Bonchev–Trinajstić information content (AvgIpc) is 3.15. The number of nitrogens with zero attached hydrogens (tertiary/aromatic N) is 3. The molecular formula is C21H21N3O6S2. The fourth-order valence-electron chi connectivity index (χ4n) is 2.73. The van der Waals surface area contributed by atoms with Gasteiger partial charge in [0, 0.05) is 12.1 Å². The molecule has 168 valence electrons. The normalized spacial score (nSPS) is 12.6. The Labute approximate surface area is 190 Å². The molecule has 0 fully saturated rings. The maximum atomic E-state index is 12.3. The molecule has 0 amide bonds. The summed E-state index contributed by atoms with van der Waals surface area (Å²) in [5.74, 6) is 0.678. The van der Waals surface area contributed by atoms with Crippen molar-refractivity contribution in [3.05, 3.63) is 84.2 Å². The lowest BCUT2D eigenvalue weighted by Crippen LogP contribution is -2.13. The van der Waals surface area contributed by atoms with E-state index in [0.717, 1.165) is 5.69 Å². The van der Waals surface area contributed by atoms with Gasteiger partial charge in [0.25, 0.3) is 0 Å². The van der Waals surface area contributed by atoms with Gasteiger partial charge < -0.3 is 13.6 Å². The van der Waals surface area contributed by atoms with E-state index in [-0.39, 0.29) is 11.5 Å². The van der Waals surface area contributed by atoms with Crippen molar-refractivity contribution >= 4 is 34.0 Å². The van der Waals surface area contributed by atoms with E-state index in [2.05, 4.69) is 13.8 Å². The Morgan fingerprint density at radius 2 is 1.41 bits per heavy atom. The van der Waals surface area contributed by atoms with Crippen LogP contribution in [-0.4, -0.2) is 24.4 Å². The van der Waals surface area contributed by atoms with Gasteiger partial charge in [-0.15, -0.1) is 4.40 Å². The Morgan fingerprint density at radius 3 is 2.03 bits per heavy atom. The van der Waals surface area contributed by atoms with Crippen LogP contribution in [-0.2, 0) is 26.7 Å². The van der Waals surface area contributed by atoms with Crippen LogP contribution in [0, 0.1) is 0 Å². The third-order valence-electron chi connectivity index (χ3n) is 4.16. The van der Waals surface area contributed by atoms with Gasteiger partial charge in [-0.3, -0.25) is 0 Å². The summed E-state index contributed by atoms with van der Waals surface area (Å²) in [6.45, 7) is 3.36. The van der Waals surface area contributed by atoms with Crippen molar-refractivity contribution in [2.75, 3.05) is 0 Å². The predicted molar refractivity (Wildman–Crippen MR) is 123 cm³/mol. The van der Waals surface area contributed by atoms with Crippen LogP contribution in [0.4, 0.5) is 0 Å². The summed E-state index contributed by atoms with van der Waals surface area (Å²) in [4.78, 5) is 4.94. The zero-order chi connectivity index (χ0) is 23.0. The summed E-state index contributed by atoms with van der Waals surface area (Å²) < 4.78 is 44.0. The van der Waals surface area contributed by atoms with Crippen LogP contribution in [0.2, 0.25) is 0 Å². The molecule has 32 heavy (non-hydrogen) atoms. The Balaban J connectivity index is 1.61. The smallest absolute Gasteiger partial charge is 0.366 e. The molecule has 0 atom stereocenters. The highest BCUT2D eigenvalue weighted by molar-refractivity contribution is 7.93. The average molecular weight is 476 g/mol. The second-order valence-corrected chi connectivity index (χ2v) is 8.12. The molecule has 11 heteroatoms. The molecule has 0 aliphatic heterocycles. The predicted octanol–water partition coefficient (Wildman–Crippen LogP) is 4.47. The first-order chi connectivity index (χ1) is 15.4. The first-order valence-corrected chi connectivity index (χ1v) is 11.4. The first kappa shape index (κ1) is 23.5. The van der Waals surface area contributed by atoms with Crippen LogP contribution in [0.1, 0.15) is 25.2 Å². The van der Waals surface area contributed by atoms with Crippen molar-refractivity contribution in [2.24, 2.45) is 15.8 Å². The van der Waals surface area contributed by atoms with E-state index in [0.29, 0.717) is 29.4 Å². The third kappa shape index (κ3) is 6.69. The van der Waals surface area contributed by atoms with Gasteiger partial charge in [0.05, 0.1) is 22.8 Å². The van der Waals surface area contributed by atoms with E-state index >= 15 is 0 Å². The second-order valence-electron chi connectivity index (χ2n) is 6.45. The van der Waals surface area contributed by atoms with Gasteiger partial charge in [0.15, 0.2) is 18.0 Å². The minimum atomic E-state index is -4.16. The monoisotopic (exact) mass is 475 g/mol. The molecule has 0 aliphatic carbocycles. The van der Waals surface area contributed by atoms with Crippen molar-refractivity contribution in [1.82, 2.24) is 4.57 Å². The number of aromatic nitrogens is 1. The van der Waals surface area contributed by atoms with Crippen LogP contribution < -0.4 is 9.07 Å². The molecule has 3 rings (SSSR count). The molecule has 1 aromatic heterocycles. The minimum Gasteiger partial charge on any atom is -0.366 e. The van der Waals surface area contributed by atoms with Crippen molar-refractivity contribution in [2.45, 2.75) is 13.8 Å². The molecule has 0 unspecified atom stereocenters. The van der Waals surface area contributed by atoms with Gasteiger partial charge in [-0.2, -0.15) is 12.8 Å². The summed E-state index contributed by atoms with van der Waals surface area (Å²) in [6, 6.07) is 20.6. The molecule has 0 N–H and O–H groups in total. The van der Waals surface area contributed by atoms with Gasteiger partial charge in [-0.1, -0.05) is 40.7 Å². The number of para-hydroxylation sites is 2. The lowest BCUT2D eigenvalue weighted by Gasteiger charge is -2.08. The van der Waals surface area contributed by atoms with E-state index in [4.69, 9.17) is 13.4 Å². The summed E-state index contributed by atoms with van der Waals surface area (Å²) in [5, 5.41) is 4.63. The quantitative estimate of drug-likeness (QED) is 0.106. The van der Waals surface area contributed by atoms with Crippen LogP contribution in [0.25, 0.3) is 0 Å². The van der Waals surface area contributed by atoms with Crippen molar-refractivity contribution in [1.29, 1.82) is 0 Å². The second kappa shape index (κ2) is 11.0. The van der Waals surface area contributed by atoms with Crippen molar-refractivity contribution < 1.29 is 26.9 Å². The summed E-state index contributed by atoms with van der Waals surface area (Å²) in [5.41, 5.74) is 2.20. The maximum Gasteiger partial charge on any atom is 0.428 e. The molecule has 0 bridgehead atoms. The van der Waals surface area contributed by atoms with Gasteiger partial charge in [-0.25, -0.2) is 0 Å². The zero-order valence-corrected chi connectivity index (χ0v) is 19.2. The number of benzene rings is 2.